The molecule has 1 aliphatic heterocycles. The van der Waals surface area contributed by atoms with Crippen LogP contribution in [0.4, 0.5) is 4.79 Å². The Morgan fingerprint density at radius 1 is 1.45 bits per heavy atom. The third-order valence-corrected chi connectivity index (χ3v) is 3.64. The minimum atomic E-state index is -0.497. The maximum absolute atomic E-state index is 12.2. The zero-order valence-corrected chi connectivity index (χ0v) is 13.9. The van der Waals surface area contributed by atoms with Gasteiger partial charge in [0.05, 0.1) is 19.3 Å². The van der Waals surface area contributed by atoms with Gasteiger partial charge in [0, 0.05) is 11.5 Å². The fourth-order valence-electron chi connectivity index (χ4n) is 2.18. The van der Waals surface area contributed by atoms with Crippen LogP contribution in [0, 0.1) is 0 Å². The highest BCUT2D eigenvalue weighted by Crippen LogP contribution is 2.31. The molecule has 2 rings (SSSR count). The van der Waals surface area contributed by atoms with Crippen molar-refractivity contribution in [1.82, 2.24) is 4.90 Å². The van der Waals surface area contributed by atoms with Gasteiger partial charge in [-0.2, -0.15) is 0 Å². The highest BCUT2D eigenvalue weighted by Gasteiger charge is 2.30. The van der Waals surface area contributed by atoms with Gasteiger partial charge < -0.3 is 14.4 Å². The van der Waals surface area contributed by atoms with Crippen LogP contribution in [0.3, 0.4) is 0 Å². The van der Waals surface area contributed by atoms with Crippen molar-refractivity contribution in [3.63, 3.8) is 0 Å². The second-order valence-corrected chi connectivity index (χ2v) is 6.88. The molecule has 20 heavy (non-hydrogen) atoms. The Bertz CT molecular complexity index is 510. The van der Waals surface area contributed by atoms with Crippen molar-refractivity contribution in [1.29, 1.82) is 0 Å². The van der Waals surface area contributed by atoms with Gasteiger partial charge in [0.1, 0.15) is 5.60 Å². The first kappa shape index (κ1) is 15.3. The smallest absolute Gasteiger partial charge is 0.410 e. The predicted octanol–water partition coefficient (Wildman–Crippen LogP) is 3.89. The van der Waals surface area contributed by atoms with Gasteiger partial charge in [0.25, 0.3) is 0 Å². The largest absolute Gasteiger partial charge is 0.444 e. The number of benzene rings is 1. The summed E-state index contributed by atoms with van der Waals surface area (Å²) in [6, 6.07) is 5.94. The molecule has 4 nitrogen and oxygen atoms in total. The highest BCUT2D eigenvalue weighted by molar-refractivity contribution is 9.10. The molecule has 0 bridgehead atoms. The molecule has 0 aromatic heterocycles. The van der Waals surface area contributed by atoms with Crippen LogP contribution in [-0.4, -0.2) is 30.2 Å². The SMILES string of the molecule is CN(C(=O)OC(C)(C)C)C1COCc2cc(Br)ccc21. The van der Waals surface area contributed by atoms with Crippen molar-refractivity contribution < 1.29 is 14.3 Å². The Kier molecular flexibility index (Phi) is 4.39. The Morgan fingerprint density at radius 3 is 2.80 bits per heavy atom. The van der Waals surface area contributed by atoms with E-state index in [9.17, 15) is 4.79 Å². The van der Waals surface area contributed by atoms with E-state index in [1.165, 1.54) is 0 Å². The fraction of sp³-hybridized carbons (Fsp3) is 0.533. The zero-order chi connectivity index (χ0) is 14.9. The summed E-state index contributed by atoms with van der Waals surface area (Å²) in [6.45, 7) is 6.65. The van der Waals surface area contributed by atoms with Crippen LogP contribution >= 0.6 is 15.9 Å². The summed E-state index contributed by atoms with van der Waals surface area (Å²) >= 11 is 3.46. The number of amides is 1. The molecule has 0 N–H and O–H groups in total. The van der Waals surface area contributed by atoms with Crippen molar-refractivity contribution in [3.05, 3.63) is 33.8 Å². The van der Waals surface area contributed by atoms with Crippen molar-refractivity contribution in [2.24, 2.45) is 0 Å². The Morgan fingerprint density at radius 2 is 2.15 bits per heavy atom. The standard InChI is InChI=1S/C15H20BrNO3/c1-15(2,3)20-14(18)17(4)13-9-19-8-10-7-11(16)5-6-12(10)13/h5-7,13H,8-9H2,1-4H3. The van der Waals surface area contributed by atoms with Crippen LogP contribution in [0.25, 0.3) is 0 Å². The van der Waals surface area contributed by atoms with Crippen LogP contribution in [0.2, 0.25) is 0 Å². The number of hydrogen-bond donors (Lipinski definition) is 0. The normalized spacial score (nSPS) is 18.4. The third-order valence-electron chi connectivity index (χ3n) is 3.15. The number of nitrogens with zero attached hydrogens (tertiary/aromatic N) is 1. The molecule has 0 saturated carbocycles. The first-order valence-corrected chi connectivity index (χ1v) is 7.39. The van der Waals surface area contributed by atoms with E-state index < -0.39 is 5.60 Å². The van der Waals surface area contributed by atoms with Gasteiger partial charge in [-0.15, -0.1) is 0 Å². The van der Waals surface area contributed by atoms with Gasteiger partial charge in [-0.05, 0) is 44.0 Å². The van der Waals surface area contributed by atoms with E-state index in [2.05, 4.69) is 15.9 Å². The molecule has 1 aliphatic rings. The Hall–Kier alpha value is -1.07. The number of fused-ring (bicyclic) bond motifs is 1. The molecule has 0 aliphatic carbocycles. The summed E-state index contributed by atoms with van der Waals surface area (Å²) in [5.74, 6) is 0. The van der Waals surface area contributed by atoms with Crippen LogP contribution < -0.4 is 0 Å². The predicted molar refractivity (Wildman–Crippen MR) is 80.5 cm³/mol. The van der Waals surface area contributed by atoms with E-state index in [0.29, 0.717) is 13.2 Å². The minimum Gasteiger partial charge on any atom is -0.444 e. The molecule has 0 radical (unpaired) electrons. The second-order valence-electron chi connectivity index (χ2n) is 5.97. The number of rotatable bonds is 1. The molecular formula is C15H20BrNO3. The molecule has 1 heterocycles. The molecule has 1 amide bonds. The number of hydrogen-bond acceptors (Lipinski definition) is 3. The van der Waals surface area contributed by atoms with Gasteiger partial charge in [0.2, 0.25) is 0 Å². The second kappa shape index (κ2) is 5.74. The van der Waals surface area contributed by atoms with Gasteiger partial charge in [-0.1, -0.05) is 22.0 Å². The molecule has 1 atom stereocenters. The van der Waals surface area contributed by atoms with E-state index >= 15 is 0 Å². The van der Waals surface area contributed by atoms with E-state index in [1.807, 2.05) is 39.0 Å². The Balaban J connectivity index is 2.20. The van der Waals surface area contributed by atoms with Crippen LogP contribution in [0.1, 0.15) is 37.9 Å². The summed E-state index contributed by atoms with van der Waals surface area (Å²) in [7, 11) is 1.75. The Labute approximate surface area is 128 Å². The number of halogens is 1. The number of carbonyl (C=O) groups excluding carboxylic acids is 1. The van der Waals surface area contributed by atoms with E-state index in [-0.39, 0.29) is 12.1 Å². The van der Waals surface area contributed by atoms with Crippen molar-refractivity contribution in [2.45, 2.75) is 39.0 Å². The average Bonchev–Trinajstić information content (AvgIpc) is 2.34. The lowest BCUT2D eigenvalue weighted by Crippen LogP contribution is -2.39. The molecular weight excluding hydrogens is 322 g/mol. The minimum absolute atomic E-state index is 0.110. The zero-order valence-electron chi connectivity index (χ0n) is 12.3. The summed E-state index contributed by atoms with van der Waals surface area (Å²) in [5, 5.41) is 0. The first-order valence-electron chi connectivity index (χ1n) is 6.60. The molecule has 0 spiro atoms. The first-order chi connectivity index (χ1) is 9.28. The number of likely N-dealkylation sites (N-methyl/N-ethyl adjacent to an activating group) is 1. The van der Waals surface area contributed by atoms with Gasteiger partial charge >= 0.3 is 6.09 Å². The number of ether oxygens (including phenoxy) is 2. The summed E-state index contributed by atoms with van der Waals surface area (Å²) in [5.41, 5.74) is 1.72. The highest BCUT2D eigenvalue weighted by atomic mass is 79.9. The lowest BCUT2D eigenvalue weighted by atomic mass is 9.98. The molecule has 110 valence electrons. The summed E-state index contributed by atoms with van der Waals surface area (Å²) in [6.07, 6.45) is -0.332. The third kappa shape index (κ3) is 3.52. The summed E-state index contributed by atoms with van der Waals surface area (Å²) in [4.78, 5) is 13.8. The lowest BCUT2D eigenvalue weighted by Gasteiger charge is -2.34. The molecule has 5 heteroatoms. The van der Waals surface area contributed by atoms with Crippen LogP contribution in [0.15, 0.2) is 22.7 Å². The van der Waals surface area contributed by atoms with Gasteiger partial charge in [0.15, 0.2) is 0 Å². The molecule has 1 aromatic carbocycles. The lowest BCUT2D eigenvalue weighted by molar-refractivity contribution is -0.000365. The van der Waals surface area contributed by atoms with Crippen molar-refractivity contribution >= 4 is 22.0 Å². The monoisotopic (exact) mass is 341 g/mol. The average molecular weight is 342 g/mol. The molecule has 0 saturated heterocycles. The van der Waals surface area contributed by atoms with E-state index in [0.717, 1.165) is 15.6 Å². The van der Waals surface area contributed by atoms with E-state index in [4.69, 9.17) is 9.47 Å². The quantitative estimate of drug-likeness (QED) is 0.777. The van der Waals surface area contributed by atoms with Crippen LogP contribution in [0.5, 0.6) is 0 Å². The summed E-state index contributed by atoms with van der Waals surface area (Å²) < 4.78 is 12.0. The topological polar surface area (TPSA) is 38.8 Å². The van der Waals surface area contributed by atoms with E-state index in [1.54, 1.807) is 11.9 Å². The maximum Gasteiger partial charge on any atom is 0.410 e. The molecule has 1 unspecified atom stereocenters. The maximum atomic E-state index is 12.2. The van der Waals surface area contributed by atoms with Crippen molar-refractivity contribution in [2.75, 3.05) is 13.7 Å². The van der Waals surface area contributed by atoms with Gasteiger partial charge in [-0.3, -0.25) is 0 Å². The number of carbonyl (C=O) groups is 1. The van der Waals surface area contributed by atoms with Crippen LogP contribution in [-0.2, 0) is 16.1 Å². The van der Waals surface area contributed by atoms with Gasteiger partial charge in [-0.25, -0.2) is 4.79 Å². The van der Waals surface area contributed by atoms with Crippen molar-refractivity contribution in [3.8, 4) is 0 Å². The molecule has 1 aromatic rings. The molecule has 0 fully saturated rings. The fourth-order valence-corrected chi connectivity index (χ4v) is 2.58.